The van der Waals surface area contributed by atoms with Crippen molar-refractivity contribution in [2.75, 3.05) is 0 Å². The highest BCUT2D eigenvalue weighted by Crippen LogP contribution is 2.26. The minimum Gasteiger partial charge on any atom is -0.507 e. The van der Waals surface area contributed by atoms with E-state index in [1.54, 1.807) is 30.3 Å². The Bertz CT molecular complexity index is 463. The van der Waals surface area contributed by atoms with E-state index in [9.17, 15) is 9.90 Å². The molecule has 0 spiro atoms. The Labute approximate surface area is 80.2 Å². The Morgan fingerprint density at radius 2 is 2.14 bits per heavy atom. The molecule has 70 valence electrons. The molecular formula is C10H8N2O2. The highest BCUT2D eigenvalue weighted by Gasteiger charge is 2.06. The molecule has 0 aliphatic carbocycles. The molecular weight excluding hydrogens is 180 g/mol. The van der Waals surface area contributed by atoms with E-state index >= 15 is 0 Å². The second-order valence-electron chi connectivity index (χ2n) is 2.84. The number of H-pyrrole nitrogens is 1. The first-order valence-electron chi connectivity index (χ1n) is 4.10. The molecule has 4 nitrogen and oxygen atoms in total. The SMILES string of the molecule is O=Cc1cc(-c2ccccc2O)n[nH]1. The van der Waals surface area contributed by atoms with Crippen molar-refractivity contribution in [1.29, 1.82) is 0 Å². The van der Waals surface area contributed by atoms with Gasteiger partial charge < -0.3 is 5.11 Å². The van der Waals surface area contributed by atoms with Crippen LogP contribution in [0.2, 0.25) is 0 Å². The Morgan fingerprint density at radius 1 is 1.36 bits per heavy atom. The number of benzene rings is 1. The zero-order valence-electron chi connectivity index (χ0n) is 7.27. The van der Waals surface area contributed by atoms with Gasteiger partial charge in [0.05, 0.1) is 11.4 Å². The fourth-order valence-electron chi connectivity index (χ4n) is 1.23. The Morgan fingerprint density at radius 3 is 2.79 bits per heavy atom. The van der Waals surface area contributed by atoms with Crippen LogP contribution in [0.15, 0.2) is 30.3 Å². The van der Waals surface area contributed by atoms with E-state index in [-0.39, 0.29) is 5.75 Å². The second kappa shape index (κ2) is 3.33. The summed E-state index contributed by atoms with van der Waals surface area (Å²) in [5, 5.41) is 16.0. The average molecular weight is 188 g/mol. The second-order valence-corrected chi connectivity index (χ2v) is 2.84. The quantitative estimate of drug-likeness (QED) is 0.703. The van der Waals surface area contributed by atoms with Crippen molar-refractivity contribution in [2.24, 2.45) is 0 Å². The maximum Gasteiger partial charge on any atom is 0.167 e. The molecule has 0 aliphatic rings. The molecule has 0 bridgehead atoms. The van der Waals surface area contributed by atoms with Crippen molar-refractivity contribution in [1.82, 2.24) is 10.2 Å². The number of carbonyl (C=O) groups excluding carboxylic acids is 1. The predicted molar refractivity (Wildman–Crippen MR) is 51.1 cm³/mol. The van der Waals surface area contributed by atoms with Crippen LogP contribution in [0.5, 0.6) is 5.75 Å². The van der Waals surface area contributed by atoms with Gasteiger partial charge in [-0.25, -0.2) is 0 Å². The number of aromatic amines is 1. The standard InChI is InChI=1S/C10H8N2O2/c13-6-7-5-9(12-11-7)8-3-1-2-4-10(8)14/h1-6,14H,(H,11,12). The first kappa shape index (κ1) is 8.50. The maximum atomic E-state index is 10.4. The minimum absolute atomic E-state index is 0.149. The molecule has 2 N–H and O–H groups in total. The molecule has 0 fully saturated rings. The number of aromatic nitrogens is 2. The van der Waals surface area contributed by atoms with Gasteiger partial charge in [-0.2, -0.15) is 5.10 Å². The number of phenolic OH excluding ortho intramolecular Hbond substituents is 1. The Balaban J connectivity index is 2.49. The van der Waals surface area contributed by atoms with Gasteiger partial charge in [0.2, 0.25) is 0 Å². The molecule has 1 aromatic carbocycles. The maximum absolute atomic E-state index is 10.4. The first-order chi connectivity index (χ1) is 6.81. The largest absolute Gasteiger partial charge is 0.507 e. The highest BCUT2D eigenvalue weighted by molar-refractivity contribution is 5.76. The van der Waals surface area contributed by atoms with Crippen LogP contribution in [0, 0.1) is 0 Å². The number of aldehydes is 1. The topological polar surface area (TPSA) is 66.0 Å². The summed E-state index contributed by atoms with van der Waals surface area (Å²) in [4.78, 5) is 10.4. The van der Waals surface area contributed by atoms with Gasteiger partial charge in [-0.05, 0) is 18.2 Å². The van der Waals surface area contributed by atoms with Crippen LogP contribution in [-0.2, 0) is 0 Å². The van der Waals surface area contributed by atoms with Crippen LogP contribution >= 0.6 is 0 Å². The number of aromatic hydroxyl groups is 1. The van der Waals surface area contributed by atoms with Crippen molar-refractivity contribution < 1.29 is 9.90 Å². The zero-order chi connectivity index (χ0) is 9.97. The van der Waals surface area contributed by atoms with Gasteiger partial charge >= 0.3 is 0 Å². The summed E-state index contributed by atoms with van der Waals surface area (Å²) in [6, 6.07) is 8.42. The lowest BCUT2D eigenvalue weighted by Gasteiger charge is -1.98. The van der Waals surface area contributed by atoms with Gasteiger partial charge in [0.15, 0.2) is 6.29 Å². The normalized spacial score (nSPS) is 10.0. The summed E-state index contributed by atoms with van der Waals surface area (Å²) in [6.07, 6.45) is 0.677. The molecule has 2 aromatic rings. The lowest BCUT2D eigenvalue weighted by molar-refractivity contribution is 0.111. The van der Waals surface area contributed by atoms with Crippen LogP contribution < -0.4 is 0 Å². The van der Waals surface area contributed by atoms with E-state index in [1.165, 1.54) is 0 Å². The number of carbonyl (C=O) groups is 1. The van der Waals surface area contributed by atoms with Gasteiger partial charge in [0.1, 0.15) is 5.75 Å². The zero-order valence-corrected chi connectivity index (χ0v) is 7.27. The van der Waals surface area contributed by atoms with Crippen LogP contribution in [0.1, 0.15) is 10.5 Å². The molecule has 14 heavy (non-hydrogen) atoms. The Kier molecular flexibility index (Phi) is 2.02. The first-order valence-corrected chi connectivity index (χ1v) is 4.10. The van der Waals surface area contributed by atoms with E-state index in [1.807, 2.05) is 0 Å². The number of hydrogen-bond acceptors (Lipinski definition) is 3. The van der Waals surface area contributed by atoms with E-state index in [0.717, 1.165) is 0 Å². The van der Waals surface area contributed by atoms with Gasteiger partial charge in [-0.1, -0.05) is 12.1 Å². The van der Waals surface area contributed by atoms with Gasteiger partial charge in [0.25, 0.3) is 0 Å². The third-order valence-corrected chi connectivity index (χ3v) is 1.90. The molecule has 0 unspecified atom stereocenters. The molecule has 0 saturated carbocycles. The van der Waals surface area contributed by atoms with Crippen LogP contribution in [0.3, 0.4) is 0 Å². The van der Waals surface area contributed by atoms with Crippen molar-refractivity contribution in [3.8, 4) is 17.0 Å². The number of nitrogens with zero attached hydrogens (tertiary/aromatic N) is 1. The monoisotopic (exact) mass is 188 g/mol. The molecule has 0 saturated heterocycles. The highest BCUT2D eigenvalue weighted by atomic mass is 16.3. The molecule has 2 rings (SSSR count). The van der Waals surface area contributed by atoms with Crippen molar-refractivity contribution >= 4 is 6.29 Å². The molecule has 0 amide bonds. The lowest BCUT2D eigenvalue weighted by atomic mass is 10.1. The van der Waals surface area contributed by atoms with Crippen molar-refractivity contribution in [2.45, 2.75) is 0 Å². The molecule has 0 atom stereocenters. The summed E-state index contributed by atoms with van der Waals surface area (Å²) in [5.41, 5.74) is 1.56. The van der Waals surface area contributed by atoms with E-state index in [0.29, 0.717) is 23.2 Å². The number of rotatable bonds is 2. The van der Waals surface area contributed by atoms with Gasteiger partial charge in [0, 0.05) is 5.56 Å². The summed E-state index contributed by atoms with van der Waals surface area (Å²) >= 11 is 0. The number of para-hydroxylation sites is 1. The van der Waals surface area contributed by atoms with Crippen LogP contribution in [0.25, 0.3) is 11.3 Å². The third kappa shape index (κ3) is 1.37. The number of nitrogens with one attached hydrogen (secondary N) is 1. The number of hydrogen-bond donors (Lipinski definition) is 2. The van der Waals surface area contributed by atoms with E-state index < -0.39 is 0 Å². The van der Waals surface area contributed by atoms with Crippen molar-refractivity contribution in [3.63, 3.8) is 0 Å². The molecule has 0 aliphatic heterocycles. The van der Waals surface area contributed by atoms with Crippen LogP contribution in [-0.4, -0.2) is 21.6 Å². The fraction of sp³-hybridized carbons (Fsp3) is 0. The minimum atomic E-state index is 0.149. The van der Waals surface area contributed by atoms with Crippen molar-refractivity contribution in [3.05, 3.63) is 36.0 Å². The fourth-order valence-corrected chi connectivity index (χ4v) is 1.23. The van der Waals surface area contributed by atoms with Gasteiger partial charge in [-0.15, -0.1) is 0 Å². The van der Waals surface area contributed by atoms with Crippen LogP contribution in [0.4, 0.5) is 0 Å². The molecule has 1 heterocycles. The predicted octanol–water partition coefficient (Wildman–Crippen LogP) is 1.59. The molecule has 0 radical (unpaired) electrons. The molecule has 4 heteroatoms. The summed E-state index contributed by atoms with van der Waals surface area (Å²) in [6.45, 7) is 0. The average Bonchev–Trinajstić information content (AvgIpc) is 2.67. The van der Waals surface area contributed by atoms with Gasteiger partial charge in [-0.3, -0.25) is 9.89 Å². The summed E-state index contributed by atoms with van der Waals surface area (Å²) in [7, 11) is 0. The van der Waals surface area contributed by atoms with E-state index in [2.05, 4.69) is 10.2 Å². The molecule has 1 aromatic heterocycles. The smallest absolute Gasteiger partial charge is 0.167 e. The van der Waals surface area contributed by atoms with E-state index in [4.69, 9.17) is 0 Å². The number of phenols is 1. The summed E-state index contributed by atoms with van der Waals surface area (Å²) in [5.74, 6) is 0.149. The summed E-state index contributed by atoms with van der Waals surface area (Å²) < 4.78 is 0. The Hall–Kier alpha value is -2.10. The lowest BCUT2D eigenvalue weighted by Crippen LogP contribution is -1.78. The third-order valence-electron chi connectivity index (χ3n) is 1.90.